The van der Waals surface area contributed by atoms with Gasteiger partial charge in [-0.25, -0.2) is 0 Å². The van der Waals surface area contributed by atoms with E-state index in [9.17, 15) is 14.7 Å². The van der Waals surface area contributed by atoms with E-state index in [4.69, 9.17) is 4.74 Å². The average molecular weight is 371 g/mol. The minimum atomic E-state index is -0.992. The van der Waals surface area contributed by atoms with E-state index in [0.717, 1.165) is 12.8 Å². The lowest BCUT2D eigenvalue weighted by Gasteiger charge is -2.23. The van der Waals surface area contributed by atoms with Crippen molar-refractivity contribution in [2.75, 3.05) is 26.8 Å². The van der Waals surface area contributed by atoms with Gasteiger partial charge in [-0.1, -0.05) is 24.3 Å². The second kappa shape index (κ2) is 6.52. The zero-order chi connectivity index (χ0) is 18.3. The molecule has 1 amide bonds. The highest BCUT2D eigenvalue weighted by molar-refractivity contribution is 7.17. The topological polar surface area (TPSA) is 66.8 Å². The predicted octanol–water partition coefficient (Wildman–Crippen LogP) is 3.08. The van der Waals surface area contributed by atoms with Gasteiger partial charge in [0.25, 0.3) is 5.91 Å². The van der Waals surface area contributed by atoms with Gasteiger partial charge in [-0.15, -0.1) is 11.3 Å². The maximum absolute atomic E-state index is 13.0. The number of carbonyl (C=O) groups is 2. The number of thiophene rings is 1. The summed E-state index contributed by atoms with van der Waals surface area (Å²) in [5, 5.41) is 9.59. The molecule has 6 heteroatoms. The fraction of sp³-hybridized carbons (Fsp3) is 0.400. The van der Waals surface area contributed by atoms with Crippen molar-refractivity contribution in [1.82, 2.24) is 4.90 Å². The molecule has 1 aromatic heterocycles. The molecule has 2 heterocycles. The summed E-state index contributed by atoms with van der Waals surface area (Å²) >= 11 is 1.52. The van der Waals surface area contributed by atoms with Crippen LogP contribution in [0.3, 0.4) is 0 Å². The molecule has 2 aliphatic rings. The number of amides is 1. The molecule has 1 fully saturated rings. The van der Waals surface area contributed by atoms with Gasteiger partial charge in [0.1, 0.15) is 5.41 Å². The summed E-state index contributed by atoms with van der Waals surface area (Å²) in [5.74, 6) is -0.963. The predicted molar refractivity (Wildman–Crippen MR) is 99.6 cm³/mol. The molecule has 2 aromatic rings. The highest BCUT2D eigenvalue weighted by Crippen LogP contribution is 2.40. The molecular weight excluding hydrogens is 350 g/mol. The second-order valence-electron chi connectivity index (χ2n) is 7.12. The number of aliphatic carboxylic acids is 1. The average Bonchev–Trinajstić information content (AvgIpc) is 3.27. The van der Waals surface area contributed by atoms with Gasteiger partial charge < -0.3 is 14.7 Å². The molecule has 0 saturated carbocycles. The third-order valence-electron chi connectivity index (χ3n) is 5.46. The highest BCUT2D eigenvalue weighted by Gasteiger charge is 2.46. The number of methoxy groups -OCH3 is 1. The van der Waals surface area contributed by atoms with Crippen molar-refractivity contribution >= 4 is 23.2 Å². The molecule has 136 valence electrons. The second-order valence-corrected chi connectivity index (χ2v) is 8.17. The molecule has 1 atom stereocenters. The number of carboxylic acid groups (broad SMARTS) is 1. The summed E-state index contributed by atoms with van der Waals surface area (Å²) in [6.45, 7) is 0.780. The number of ether oxygens (including phenoxy) is 1. The van der Waals surface area contributed by atoms with Crippen molar-refractivity contribution in [1.29, 1.82) is 0 Å². The molecule has 1 saturated heterocycles. The van der Waals surface area contributed by atoms with E-state index in [1.165, 1.54) is 40.0 Å². The highest BCUT2D eigenvalue weighted by atomic mass is 32.1. The third-order valence-corrected chi connectivity index (χ3v) is 6.66. The largest absolute Gasteiger partial charge is 0.481 e. The summed E-state index contributed by atoms with van der Waals surface area (Å²) in [5.41, 5.74) is 2.77. The van der Waals surface area contributed by atoms with Gasteiger partial charge in [-0.05, 0) is 42.0 Å². The molecule has 1 aromatic carbocycles. The molecule has 0 radical (unpaired) electrons. The van der Waals surface area contributed by atoms with Crippen LogP contribution in [0.25, 0.3) is 10.4 Å². The van der Waals surface area contributed by atoms with Gasteiger partial charge in [0.05, 0.1) is 11.5 Å². The summed E-state index contributed by atoms with van der Waals surface area (Å²) in [7, 11) is 1.50. The van der Waals surface area contributed by atoms with Gasteiger partial charge >= 0.3 is 5.97 Å². The van der Waals surface area contributed by atoms with Crippen LogP contribution in [0.4, 0.5) is 0 Å². The molecule has 26 heavy (non-hydrogen) atoms. The van der Waals surface area contributed by atoms with Gasteiger partial charge in [0, 0.05) is 25.1 Å². The fourth-order valence-electron chi connectivity index (χ4n) is 4.01. The Labute approximate surface area is 156 Å². The first-order chi connectivity index (χ1) is 12.5. The minimum Gasteiger partial charge on any atom is -0.481 e. The Balaban J connectivity index is 1.60. The Morgan fingerprint density at radius 1 is 1.27 bits per heavy atom. The number of carbonyl (C=O) groups excluding carboxylic acids is 1. The zero-order valence-electron chi connectivity index (χ0n) is 14.7. The lowest BCUT2D eigenvalue weighted by molar-refractivity contribution is -0.151. The monoisotopic (exact) mass is 371 g/mol. The number of hydrogen-bond donors (Lipinski definition) is 1. The van der Waals surface area contributed by atoms with Crippen LogP contribution in [0.5, 0.6) is 0 Å². The first-order valence-corrected chi connectivity index (χ1v) is 9.58. The van der Waals surface area contributed by atoms with Crippen LogP contribution in [-0.4, -0.2) is 48.7 Å². The molecule has 1 N–H and O–H groups in total. The van der Waals surface area contributed by atoms with Crippen LogP contribution in [-0.2, 0) is 22.4 Å². The van der Waals surface area contributed by atoms with Crippen molar-refractivity contribution in [3.63, 3.8) is 0 Å². The van der Waals surface area contributed by atoms with E-state index in [0.29, 0.717) is 17.8 Å². The third kappa shape index (κ3) is 2.73. The van der Waals surface area contributed by atoms with Crippen LogP contribution in [0, 0.1) is 5.41 Å². The SMILES string of the molecule is COCC1(C(=O)O)CCN(C(=O)c2cc3c(s2)-c2ccccc2CC3)C1. The Kier molecular flexibility index (Phi) is 4.32. The molecule has 5 nitrogen and oxygen atoms in total. The van der Waals surface area contributed by atoms with Gasteiger partial charge in [-0.2, -0.15) is 0 Å². The molecule has 0 bridgehead atoms. The maximum atomic E-state index is 13.0. The van der Waals surface area contributed by atoms with E-state index in [2.05, 4.69) is 18.2 Å². The maximum Gasteiger partial charge on any atom is 0.313 e. The van der Waals surface area contributed by atoms with Crippen LogP contribution in [0.1, 0.15) is 27.2 Å². The van der Waals surface area contributed by atoms with Crippen molar-refractivity contribution in [3.05, 3.63) is 46.3 Å². The van der Waals surface area contributed by atoms with E-state index >= 15 is 0 Å². The number of aryl methyl sites for hydroxylation is 2. The first-order valence-electron chi connectivity index (χ1n) is 8.77. The quantitative estimate of drug-likeness (QED) is 0.897. The summed E-state index contributed by atoms with van der Waals surface area (Å²) in [6.07, 6.45) is 2.36. The number of likely N-dealkylation sites (tertiary alicyclic amines) is 1. The Hall–Kier alpha value is -2.18. The van der Waals surface area contributed by atoms with Gasteiger partial charge in [0.15, 0.2) is 0 Å². The molecular formula is C20H21NO4S. The smallest absolute Gasteiger partial charge is 0.313 e. The van der Waals surface area contributed by atoms with Crippen molar-refractivity contribution < 1.29 is 19.4 Å². The van der Waals surface area contributed by atoms with Crippen LogP contribution >= 0.6 is 11.3 Å². The standard InChI is InChI=1S/C20H21NO4S/c1-25-12-20(19(23)24)8-9-21(11-20)18(22)16-10-14-7-6-13-4-2-3-5-15(13)17(14)26-16/h2-5,10H,6-9,11-12H2,1H3,(H,23,24). The Bertz CT molecular complexity index is 874. The van der Waals surface area contributed by atoms with Crippen LogP contribution < -0.4 is 0 Å². The number of fused-ring (bicyclic) bond motifs is 3. The summed E-state index contributed by atoms with van der Waals surface area (Å²) in [4.78, 5) is 28.2. The molecule has 4 rings (SSSR count). The number of hydrogen-bond acceptors (Lipinski definition) is 4. The zero-order valence-corrected chi connectivity index (χ0v) is 15.5. The summed E-state index contributed by atoms with van der Waals surface area (Å²) in [6, 6.07) is 10.3. The number of carboxylic acids is 1. The van der Waals surface area contributed by atoms with E-state index in [1.54, 1.807) is 4.90 Å². The number of rotatable bonds is 4. The Morgan fingerprint density at radius 3 is 2.81 bits per heavy atom. The Morgan fingerprint density at radius 2 is 2.04 bits per heavy atom. The van der Waals surface area contributed by atoms with E-state index in [-0.39, 0.29) is 19.1 Å². The van der Waals surface area contributed by atoms with Gasteiger partial charge in [0.2, 0.25) is 0 Å². The molecule has 1 aliphatic carbocycles. The van der Waals surface area contributed by atoms with Crippen LogP contribution in [0.15, 0.2) is 30.3 Å². The van der Waals surface area contributed by atoms with E-state index in [1.807, 2.05) is 12.1 Å². The molecule has 1 aliphatic heterocycles. The van der Waals surface area contributed by atoms with Crippen molar-refractivity contribution in [3.8, 4) is 10.4 Å². The van der Waals surface area contributed by atoms with Gasteiger partial charge in [-0.3, -0.25) is 9.59 Å². The van der Waals surface area contributed by atoms with Crippen molar-refractivity contribution in [2.24, 2.45) is 5.41 Å². The van der Waals surface area contributed by atoms with Crippen LogP contribution in [0.2, 0.25) is 0 Å². The normalized spacial score (nSPS) is 21.3. The summed E-state index contributed by atoms with van der Waals surface area (Å²) < 4.78 is 5.11. The van der Waals surface area contributed by atoms with E-state index < -0.39 is 11.4 Å². The lowest BCUT2D eigenvalue weighted by atomic mass is 9.88. The fourth-order valence-corrected chi connectivity index (χ4v) is 5.25. The lowest BCUT2D eigenvalue weighted by Crippen LogP contribution is -2.40. The molecule has 1 unspecified atom stereocenters. The van der Waals surface area contributed by atoms with Crippen molar-refractivity contribution in [2.45, 2.75) is 19.3 Å². The first kappa shape index (κ1) is 17.2. The number of benzene rings is 1. The minimum absolute atomic E-state index is 0.0684. The number of nitrogens with zero attached hydrogens (tertiary/aromatic N) is 1. The molecule has 0 spiro atoms.